The largest absolute Gasteiger partial charge is 0.372 e. The van der Waals surface area contributed by atoms with Crippen LogP contribution in [0.3, 0.4) is 0 Å². The molecule has 0 aliphatic carbocycles. The molecule has 1 fully saturated rings. The minimum absolute atomic E-state index is 0.0342. The summed E-state index contributed by atoms with van der Waals surface area (Å²) in [5.41, 5.74) is 2.45. The van der Waals surface area contributed by atoms with Gasteiger partial charge in [0.1, 0.15) is 6.04 Å². The summed E-state index contributed by atoms with van der Waals surface area (Å²) in [6.07, 6.45) is -0.403. The van der Waals surface area contributed by atoms with E-state index in [-0.39, 0.29) is 34.5 Å². The second-order valence-corrected chi connectivity index (χ2v) is 9.00. The number of nitrogens with zero attached hydrogens (tertiary/aromatic N) is 1. The molecular formula is C18H18Cl2N2O5S. The zero-order chi connectivity index (χ0) is 20.3. The molecule has 2 aromatic carbocycles. The highest BCUT2D eigenvalue weighted by molar-refractivity contribution is 7.89. The number of halogens is 2. The Balaban J connectivity index is 1.82. The molecule has 1 saturated heterocycles. The smallest absolute Gasteiger partial charge is 0.261 e. The number of amides is 1. The summed E-state index contributed by atoms with van der Waals surface area (Å²) < 4.78 is 32.9. The number of hydroxylamine groups is 1. The van der Waals surface area contributed by atoms with Crippen molar-refractivity contribution in [2.75, 3.05) is 6.54 Å². The van der Waals surface area contributed by atoms with Crippen LogP contribution in [0.5, 0.6) is 0 Å². The van der Waals surface area contributed by atoms with Gasteiger partial charge in [-0.15, -0.1) is 0 Å². The van der Waals surface area contributed by atoms with Crippen LogP contribution < -0.4 is 5.48 Å². The van der Waals surface area contributed by atoms with Crippen LogP contribution in [0.4, 0.5) is 0 Å². The van der Waals surface area contributed by atoms with Crippen LogP contribution in [0, 0.1) is 0 Å². The van der Waals surface area contributed by atoms with Crippen molar-refractivity contribution in [1.82, 2.24) is 9.79 Å². The highest BCUT2D eigenvalue weighted by atomic mass is 35.5. The average Bonchev–Trinajstić information content (AvgIpc) is 3.14. The lowest BCUT2D eigenvalue weighted by Gasteiger charge is -2.22. The molecule has 28 heavy (non-hydrogen) atoms. The molecule has 3 rings (SSSR count). The van der Waals surface area contributed by atoms with Crippen molar-refractivity contribution < 1.29 is 23.2 Å². The fourth-order valence-electron chi connectivity index (χ4n) is 3.03. The summed E-state index contributed by atoms with van der Waals surface area (Å²) in [6.45, 7) is 0.243. The fourth-order valence-corrected chi connectivity index (χ4v) is 5.05. The number of hydrogen-bond acceptors (Lipinski definition) is 5. The van der Waals surface area contributed by atoms with Crippen LogP contribution >= 0.6 is 23.2 Å². The molecule has 0 aromatic heterocycles. The second kappa shape index (κ2) is 8.77. The summed E-state index contributed by atoms with van der Waals surface area (Å²) >= 11 is 11.8. The van der Waals surface area contributed by atoms with Crippen molar-refractivity contribution in [3.8, 4) is 0 Å². The van der Waals surface area contributed by atoms with Gasteiger partial charge in [-0.3, -0.25) is 10.0 Å². The molecule has 1 heterocycles. The number of benzene rings is 2. The first-order valence-electron chi connectivity index (χ1n) is 8.39. The van der Waals surface area contributed by atoms with Crippen LogP contribution in [0.15, 0.2) is 53.4 Å². The molecule has 0 bridgehead atoms. The number of carbonyl (C=O) groups is 1. The standard InChI is InChI=1S/C18H18Cl2N2O5S/c19-15-7-6-14(9-16(15)20)28(25,26)22-10-13(8-17(22)18(23)21-24)27-11-12-4-2-1-3-5-12/h1-7,9,13,17,24H,8,10-11H2,(H,21,23)/t13-,17?/m1/s1. The van der Waals surface area contributed by atoms with Gasteiger partial charge in [0.05, 0.1) is 27.7 Å². The minimum atomic E-state index is -4.06. The quantitative estimate of drug-likeness (QED) is 0.527. The van der Waals surface area contributed by atoms with E-state index in [4.69, 9.17) is 33.1 Å². The highest BCUT2D eigenvalue weighted by Gasteiger charge is 2.44. The Morgan fingerprint density at radius 3 is 2.54 bits per heavy atom. The van der Waals surface area contributed by atoms with Gasteiger partial charge in [-0.1, -0.05) is 53.5 Å². The van der Waals surface area contributed by atoms with Crippen molar-refractivity contribution in [2.45, 2.75) is 30.1 Å². The Kier molecular flexibility index (Phi) is 6.59. The van der Waals surface area contributed by atoms with Gasteiger partial charge in [0.25, 0.3) is 5.91 Å². The van der Waals surface area contributed by atoms with E-state index in [0.29, 0.717) is 0 Å². The van der Waals surface area contributed by atoms with Crippen LogP contribution in [0.25, 0.3) is 0 Å². The molecule has 0 saturated carbocycles. The van der Waals surface area contributed by atoms with Gasteiger partial charge in [0.15, 0.2) is 0 Å². The van der Waals surface area contributed by atoms with Crippen molar-refractivity contribution in [3.63, 3.8) is 0 Å². The van der Waals surface area contributed by atoms with Gasteiger partial charge >= 0.3 is 0 Å². The molecule has 1 aliphatic heterocycles. The van der Waals surface area contributed by atoms with E-state index in [2.05, 4.69) is 0 Å². The normalized spacial score (nSPS) is 20.2. The van der Waals surface area contributed by atoms with Crippen LogP contribution in [-0.2, 0) is 26.2 Å². The van der Waals surface area contributed by atoms with E-state index >= 15 is 0 Å². The number of nitrogens with one attached hydrogen (secondary N) is 1. The van der Waals surface area contributed by atoms with Gasteiger partial charge < -0.3 is 4.74 Å². The lowest BCUT2D eigenvalue weighted by Crippen LogP contribution is -2.45. The SMILES string of the molecule is O=C(NO)C1C[C@@H](OCc2ccccc2)CN1S(=O)(=O)c1ccc(Cl)c(Cl)c1. The van der Waals surface area contributed by atoms with Crippen LogP contribution in [-0.4, -0.2) is 42.5 Å². The van der Waals surface area contributed by atoms with Crippen molar-refractivity contribution >= 4 is 39.1 Å². The molecule has 0 spiro atoms. The Labute approximate surface area is 172 Å². The number of ether oxygens (including phenoxy) is 1. The summed E-state index contributed by atoms with van der Waals surface area (Å²) in [6, 6.07) is 12.2. The van der Waals surface area contributed by atoms with Crippen molar-refractivity contribution in [2.24, 2.45) is 0 Å². The van der Waals surface area contributed by atoms with Crippen LogP contribution in [0.2, 0.25) is 10.0 Å². The zero-order valence-corrected chi connectivity index (χ0v) is 16.9. The summed E-state index contributed by atoms with van der Waals surface area (Å²) in [7, 11) is -4.06. The first kappa shape index (κ1) is 21.0. The molecular weight excluding hydrogens is 427 g/mol. The summed E-state index contributed by atoms with van der Waals surface area (Å²) in [5.74, 6) is -0.825. The van der Waals surface area contributed by atoms with Gasteiger partial charge in [-0.2, -0.15) is 4.31 Å². The van der Waals surface area contributed by atoms with E-state index in [9.17, 15) is 13.2 Å². The van der Waals surface area contributed by atoms with Gasteiger partial charge in [0.2, 0.25) is 10.0 Å². The van der Waals surface area contributed by atoms with Gasteiger partial charge in [0, 0.05) is 13.0 Å². The lowest BCUT2D eigenvalue weighted by molar-refractivity contribution is -0.132. The third kappa shape index (κ3) is 4.48. The summed E-state index contributed by atoms with van der Waals surface area (Å²) in [4.78, 5) is 12.0. The predicted molar refractivity (Wildman–Crippen MR) is 104 cm³/mol. The van der Waals surface area contributed by atoms with E-state index in [1.165, 1.54) is 23.7 Å². The molecule has 1 unspecified atom stereocenters. The molecule has 150 valence electrons. The number of sulfonamides is 1. The maximum absolute atomic E-state index is 13.1. The molecule has 1 amide bonds. The molecule has 2 atom stereocenters. The van der Waals surface area contributed by atoms with Crippen LogP contribution in [0.1, 0.15) is 12.0 Å². The molecule has 10 heteroatoms. The third-order valence-corrected chi connectivity index (χ3v) is 7.07. The topological polar surface area (TPSA) is 95.9 Å². The molecule has 7 nitrogen and oxygen atoms in total. The first-order chi connectivity index (χ1) is 13.3. The number of hydrogen-bond donors (Lipinski definition) is 2. The van der Waals surface area contributed by atoms with E-state index in [1.807, 2.05) is 30.3 Å². The summed E-state index contributed by atoms with van der Waals surface area (Å²) in [5, 5.41) is 9.33. The third-order valence-electron chi connectivity index (χ3n) is 4.46. The Morgan fingerprint density at radius 2 is 1.89 bits per heavy atom. The monoisotopic (exact) mass is 444 g/mol. The molecule has 2 N–H and O–H groups in total. The first-order valence-corrected chi connectivity index (χ1v) is 10.6. The van der Waals surface area contributed by atoms with E-state index in [1.54, 1.807) is 0 Å². The van der Waals surface area contributed by atoms with E-state index < -0.39 is 28.1 Å². The Hall–Kier alpha value is -1.68. The van der Waals surface area contributed by atoms with Gasteiger partial charge in [-0.05, 0) is 23.8 Å². The van der Waals surface area contributed by atoms with Gasteiger partial charge in [-0.25, -0.2) is 13.9 Å². The zero-order valence-electron chi connectivity index (χ0n) is 14.6. The maximum Gasteiger partial charge on any atom is 0.261 e. The Morgan fingerprint density at radius 1 is 1.18 bits per heavy atom. The van der Waals surface area contributed by atoms with Crippen molar-refractivity contribution in [3.05, 3.63) is 64.1 Å². The number of rotatable bonds is 6. The maximum atomic E-state index is 13.1. The molecule has 1 aliphatic rings. The minimum Gasteiger partial charge on any atom is -0.372 e. The second-order valence-electron chi connectivity index (χ2n) is 6.30. The average molecular weight is 445 g/mol. The lowest BCUT2D eigenvalue weighted by atomic mass is 10.2. The molecule has 2 aromatic rings. The number of carbonyl (C=O) groups excluding carboxylic acids is 1. The molecule has 0 radical (unpaired) electrons. The fraction of sp³-hybridized carbons (Fsp3) is 0.278. The predicted octanol–water partition coefficient (Wildman–Crippen LogP) is 2.85. The Bertz CT molecular complexity index is 956. The highest BCUT2D eigenvalue weighted by Crippen LogP contribution is 2.31. The van der Waals surface area contributed by atoms with E-state index in [0.717, 1.165) is 9.87 Å². The van der Waals surface area contributed by atoms with Crippen molar-refractivity contribution in [1.29, 1.82) is 0 Å².